The molecule has 0 aromatic heterocycles. The van der Waals surface area contributed by atoms with E-state index in [1.165, 1.54) is 5.43 Å². The maximum Gasteiger partial charge on any atom is 0.398 e. The topological polar surface area (TPSA) is 148 Å². The number of nitrogens with one attached hydrogen (secondary N) is 1. The number of hydrogen-bond donors (Lipinski definition) is 3. The van der Waals surface area contributed by atoms with Crippen LogP contribution in [0.15, 0.2) is 4.99 Å². The molecule has 0 saturated heterocycles. The molecule has 2 amide bonds. The van der Waals surface area contributed by atoms with E-state index in [4.69, 9.17) is 10.8 Å². The predicted molar refractivity (Wildman–Crippen MR) is 48.9 cm³/mol. The van der Waals surface area contributed by atoms with Gasteiger partial charge in [0.25, 0.3) is 0 Å². The molecule has 4 N–H and O–H groups in total. The Morgan fingerprint density at radius 2 is 2.27 bits per heavy atom. The summed E-state index contributed by atoms with van der Waals surface area (Å²) in [6, 6.07) is -2.15. The number of hydrazine groups is 1. The van der Waals surface area contributed by atoms with Crippen molar-refractivity contribution in [2.45, 2.75) is 18.9 Å². The summed E-state index contributed by atoms with van der Waals surface area (Å²) in [7, 11) is 0. The summed E-state index contributed by atoms with van der Waals surface area (Å²) in [6.07, 6.45) is 1.32. The third-order valence-corrected chi connectivity index (χ3v) is 1.32. The van der Waals surface area contributed by atoms with Crippen molar-refractivity contribution >= 4 is 18.2 Å². The summed E-state index contributed by atoms with van der Waals surface area (Å²) in [5, 5.41) is 17.1. The van der Waals surface area contributed by atoms with Crippen molar-refractivity contribution in [3.63, 3.8) is 0 Å². The molecule has 0 bridgehead atoms. The lowest BCUT2D eigenvalue weighted by Crippen LogP contribution is -2.30. The van der Waals surface area contributed by atoms with Gasteiger partial charge in [0.15, 0.2) is 5.03 Å². The van der Waals surface area contributed by atoms with Gasteiger partial charge in [0.1, 0.15) is 6.04 Å². The van der Waals surface area contributed by atoms with E-state index in [-0.39, 0.29) is 12.8 Å². The van der Waals surface area contributed by atoms with Crippen LogP contribution < -0.4 is 11.2 Å². The molecule has 0 aliphatic rings. The number of nitrogens with zero attached hydrogens (tertiary/aromatic N) is 2. The van der Waals surface area contributed by atoms with Gasteiger partial charge in [0.05, 0.1) is 0 Å². The Balaban J connectivity index is 3.76. The van der Waals surface area contributed by atoms with E-state index < -0.39 is 23.1 Å². The number of carboxylic acids is 1. The molecule has 0 aromatic rings. The first-order valence-corrected chi connectivity index (χ1v) is 3.89. The monoisotopic (exact) mass is 218 g/mol. The molecule has 0 radical (unpaired) electrons. The minimum atomic E-state index is -1.15. The van der Waals surface area contributed by atoms with Crippen LogP contribution in [0.2, 0.25) is 0 Å². The number of hydrogen-bond acceptors (Lipinski definition) is 5. The largest absolute Gasteiger partial charge is 0.480 e. The molecule has 0 spiro atoms. The van der Waals surface area contributed by atoms with Gasteiger partial charge in [-0.1, -0.05) is 0 Å². The maximum absolute atomic E-state index is 10.5. The zero-order valence-electron chi connectivity index (χ0n) is 7.62. The Morgan fingerprint density at radius 3 is 2.73 bits per heavy atom. The number of carbonyl (C=O) groups is 2. The number of urea groups is 1. The van der Waals surface area contributed by atoms with Gasteiger partial charge >= 0.3 is 12.0 Å². The Morgan fingerprint density at radius 1 is 1.67 bits per heavy atom. The van der Waals surface area contributed by atoms with Crippen LogP contribution in [0.4, 0.5) is 4.79 Å². The highest BCUT2D eigenvalue weighted by molar-refractivity contribution is 5.82. The number of aliphatic carboxylic acids is 1. The molecule has 0 fully saturated rings. The molecule has 9 nitrogen and oxygen atoms in total. The molecule has 0 aliphatic heterocycles. The molecule has 1 unspecified atom stereocenters. The fourth-order valence-electron chi connectivity index (χ4n) is 0.632. The predicted octanol–water partition coefficient (Wildman–Crippen LogP) is -0.849. The Bertz CT molecular complexity index is 289. The van der Waals surface area contributed by atoms with E-state index in [0.717, 1.165) is 6.21 Å². The van der Waals surface area contributed by atoms with Gasteiger partial charge in [-0.3, -0.25) is 4.79 Å². The van der Waals surface area contributed by atoms with E-state index in [1.807, 2.05) is 0 Å². The Hall–Kier alpha value is -2.03. The number of carbonyl (C=O) groups excluding carboxylic acids is 1. The molecule has 9 heteroatoms. The van der Waals surface area contributed by atoms with E-state index in [2.05, 4.69) is 4.99 Å². The Labute approximate surface area is 84.1 Å². The third kappa shape index (κ3) is 7.07. The number of amides is 2. The molecule has 0 aliphatic carbocycles. The van der Waals surface area contributed by atoms with Gasteiger partial charge in [-0.25, -0.2) is 19.9 Å². The standard InChI is InChI=1S/C6H10N4O5/c7-4(5(11)12)2-1-3-8-6(13)9-10(14)15/h3-4H,1-2,7H2,(H,9,13)(H,11,12). The first-order chi connectivity index (χ1) is 6.93. The number of carboxylic acid groups (broad SMARTS) is 1. The fraction of sp³-hybridized carbons (Fsp3) is 0.500. The zero-order chi connectivity index (χ0) is 11.8. The summed E-state index contributed by atoms with van der Waals surface area (Å²) in [5.74, 6) is -1.15. The lowest BCUT2D eigenvalue weighted by atomic mass is 10.2. The first kappa shape index (κ1) is 13.0. The van der Waals surface area contributed by atoms with Crippen molar-refractivity contribution in [2.24, 2.45) is 10.7 Å². The highest BCUT2D eigenvalue weighted by Gasteiger charge is 2.09. The fourth-order valence-corrected chi connectivity index (χ4v) is 0.632. The van der Waals surface area contributed by atoms with Gasteiger partial charge < -0.3 is 10.8 Å². The average Bonchev–Trinajstić information content (AvgIpc) is 2.10. The van der Waals surface area contributed by atoms with Crippen LogP contribution in [0.1, 0.15) is 12.8 Å². The van der Waals surface area contributed by atoms with E-state index >= 15 is 0 Å². The van der Waals surface area contributed by atoms with Crippen LogP contribution in [0.3, 0.4) is 0 Å². The first-order valence-electron chi connectivity index (χ1n) is 3.89. The van der Waals surface area contributed by atoms with Crippen molar-refractivity contribution in [3.8, 4) is 0 Å². The average molecular weight is 218 g/mol. The van der Waals surface area contributed by atoms with E-state index in [9.17, 15) is 19.7 Å². The van der Waals surface area contributed by atoms with Gasteiger partial charge in [-0.2, -0.15) is 0 Å². The van der Waals surface area contributed by atoms with Crippen LogP contribution in [-0.4, -0.2) is 34.4 Å². The molecule has 0 saturated carbocycles. The lowest BCUT2D eigenvalue weighted by Gasteiger charge is -2.01. The number of aliphatic imine (C=N–C) groups is 1. The summed E-state index contributed by atoms with van der Waals surface area (Å²) >= 11 is 0. The van der Waals surface area contributed by atoms with Crippen LogP contribution in [-0.2, 0) is 4.79 Å². The summed E-state index contributed by atoms with van der Waals surface area (Å²) in [5.41, 5.74) is 6.44. The minimum absolute atomic E-state index is 0.102. The number of nitrogens with two attached hydrogens (primary N) is 1. The molecule has 0 aromatic carbocycles. The molecular weight excluding hydrogens is 208 g/mol. The number of rotatable bonds is 5. The van der Waals surface area contributed by atoms with E-state index in [0.29, 0.717) is 0 Å². The summed E-state index contributed by atoms with van der Waals surface area (Å²) < 4.78 is 0. The second kappa shape index (κ2) is 6.43. The molecule has 15 heavy (non-hydrogen) atoms. The van der Waals surface area contributed by atoms with Crippen LogP contribution >= 0.6 is 0 Å². The highest BCUT2D eigenvalue weighted by atomic mass is 16.7. The maximum atomic E-state index is 10.5. The highest BCUT2D eigenvalue weighted by Crippen LogP contribution is 1.92. The van der Waals surface area contributed by atoms with Crippen molar-refractivity contribution < 1.29 is 19.7 Å². The number of nitro groups is 1. The molecule has 84 valence electrons. The second-order valence-electron chi connectivity index (χ2n) is 2.51. The molecular formula is C6H10N4O5. The van der Waals surface area contributed by atoms with Gasteiger partial charge in [0, 0.05) is 6.21 Å². The van der Waals surface area contributed by atoms with Crippen molar-refractivity contribution in [2.75, 3.05) is 0 Å². The quantitative estimate of drug-likeness (QED) is 0.311. The SMILES string of the molecule is NC(CCC=NC(=O)N[N+](=O)[O-])C(=O)O. The van der Waals surface area contributed by atoms with Gasteiger partial charge in [0.2, 0.25) is 0 Å². The molecule has 0 rings (SSSR count). The van der Waals surface area contributed by atoms with Crippen LogP contribution in [0.25, 0.3) is 0 Å². The third-order valence-electron chi connectivity index (χ3n) is 1.32. The Kier molecular flexibility index (Phi) is 5.56. The van der Waals surface area contributed by atoms with Crippen LogP contribution in [0.5, 0.6) is 0 Å². The molecule has 0 heterocycles. The van der Waals surface area contributed by atoms with E-state index in [1.54, 1.807) is 0 Å². The van der Waals surface area contributed by atoms with Gasteiger partial charge in [-0.15, -0.1) is 0 Å². The van der Waals surface area contributed by atoms with Crippen molar-refractivity contribution in [1.29, 1.82) is 0 Å². The van der Waals surface area contributed by atoms with Crippen molar-refractivity contribution in [1.82, 2.24) is 5.43 Å². The molecule has 1 atom stereocenters. The zero-order valence-corrected chi connectivity index (χ0v) is 7.62. The summed E-state index contributed by atoms with van der Waals surface area (Å²) in [4.78, 5) is 33.6. The smallest absolute Gasteiger partial charge is 0.398 e. The van der Waals surface area contributed by atoms with Gasteiger partial charge in [-0.05, 0) is 18.3 Å². The minimum Gasteiger partial charge on any atom is -0.480 e. The lowest BCUT2D eigenvalue weighted by molar-refractivity contribution is -0.527. The normalized spacial score (nSPS) is 12.3. The summed E-state index contributed by atoms with van der Waals surface area (Å²) in [6.45, 7) is 0. The van der Waals surface area contributed by atoms with Crippen molar-refractivity contribution in [3.05, 3.63) is 10.1 Å². The second-order valence-corrected chi connectivity index (χ2v) is 2.51. The van der Waals surface area contributed by atoms with Crippen LogP contribution in [0, 0.1) is 10.1 Å².